The average molecular weight is 200 g/mol. The molecule has 82 valence electrons. The van der Waals surface area contributed by atoms with E-state index in [1.54, 1.807) is 0 Å². The number of carbonyl (C=O) groups excluding carboxylic acids is 1. The van der Waals surface area contributed by atoms with Crippen LogP contribution in [0.15, 0.2) is 0 Å². The van der Waals surface area contributed by atoms with Gasteiger partial charge in [0.15, 0.2) is 0 Å². The van der Waals surface area contributed by atoms with E-state index < -0.39 is 0 Å². The molecule has 3 N–H and O–H groups in total. The maximum Gasteiger partial charge on any atom is 0.314 e. The topological polar surface area (TPSA) is 61.4 Å². The molecule has 0 aromatic carbocycles. The van der Waals surface area contributed by atoms with Crippen molar-refractivity contribution in [2.75, 3.05) is 6.54 Å². The van der Waals surface area contributed by atoms with E-state index in [1.807, 2.05) is 13.8 Å². The number of hydrogen-bond donors (Lipinski definition) is 3. The van der Waals surface area contributed by atoms with E-state index in [2.05, 4.69) is 10.6 Å². The zero-order chi connectivity index (χ0) is 10.6. The van der Waals surface area contributed by atoms with E-state index in [0.717, 1.165) is 19.3 Å². The summed E-state index contributed by atoms with van der Waals surface area (Å²) in [6.45, 7) is 4.54. The van der Waals surface area contributed by atoms with Gasteiger partial charge in [-0.15, -0.1) is 0 Å². The van der Waals surface area contributed by atoms with E-state index in [9.17, 15) is 9.90 Å². The molecule has 0 aromatic heterocycles. The van der Waals surface area contributed by atoms with Gasteiger partial charge in [-0.2, -0.15) is 0 Å². The highest BCUT2D eigenvalue weighted by Gasteiger charge is 2.22. The number of aliphatic hydroxyl groups excluding tert-OH is 1. The minimum atomic E-state index is -0.157. The summed E-state index contributed by atoms with van der Waals surface area (Å²) in [4.78, 5) is 11.2. The second-order valence-corrected chi connectivity index (χ2v) is 4.34. The summed E-state index contributed by atoms with van der Waals surface area (Å²) >= 11 is 0. The first-order chi connectivity index (χ1) is 6.58. The van der Waals surface area contributed by atoms with Crippen molar-refractivity contribution >= 4 is 6.03 Å². The molecule has 0 spiro atoms. The third kappa shape index (κ3) is 3.96. The molecule has 1 saturated carbocycles. The number of amides is 2. The summed E-state index contributed by atoms with van der Waals surface area (Å²) in [7, 11) is 0. The van der Waals surface area contributed by atoms with Crippen molar-refractivity contribution in [2.45, 2.75) is 45.3 Å². The molecule has 2 unspecified atom stereocenters. The zero-order valence-electron chi connectivity index (χ0n) is 8.92. The van der Waals surface area contributed by atoms with Crippen molar-refractivity contribution in [3.05, 3.63) is 0 Å². The number of carbonyl (C=O) groups is 1. The van der Waals surface area contributed by atoms with E-state index in [0.29, 0.717) is 12.5 Å². The van der Waals surface area contributed by atoms with Crippen LogP contribution in [-0.2, 0) is 0 Å². The number of hydrogen-bond acceptors (Lipinski definition) is 2. The molecule has 0 bridgehead atoms. The average Bonchev–Trinajstić information content (AvgIpc) is 2.47. The molecule has 2 amide bonds. The van der Waals surface area contributed by atoms with Crippen LogP contribution in [0.2, 0.25) is 0 Å². The maximum atomic E-state index is 11.2. The van der Waals surface area contributed by atoms with Crippen LogP contribution in [0.4, 0.5) is 4.79 Å². The van der Waals surface area contributed by atoms with Gasteiger partial charge in [0.05, 0.1) is 6.10 Å². The van der Waals surface area contributed by atoms with Crippen LogP contribution in [0, 0.1) is 5.92 Å². The SMILES string of the molecule is CC(C)NC(=O)NCC1CCC(O)C1. The van der Waals surface area contributed by atoms with Gasteiger partial charge in [0, 0.05) is 12.6 Å². The van der Waals surface area contributed by atoms with Crippen LogP contribution in [0.5, 0.6) is 0 Å². The lowest BCUT2D eigenvalue weighted by Gasteiger charge is -2.13. The van der Waals surface area contributed by atoms with Gasteiger partial charge in [-0.25, -0.2) is 4.79 Å². The molecule has 4 nitrogen and oxygen atoms in total. The Morgan fingerprint density at radius 1 is 1.50 bits per heavy atom. The van der Waals surface area contributed by atoms with Gasteiger partial charge < -0.3 is 15.7 Å². The standard InChI is InChI=1S/C10H20N2O2/c1-7(2)12-10(14)11-6-8-3-4-9(13)5-8/h7-9,13H,3-6H2,1-2H3,(H2,11,12,14). The number of aliphatic hydroxyl groups is 1. The molecule has 2 atom stereocenters. The fourth-order valence-corrected chi connectivity index (χ4v) is 1.78. The second kappa shape index (κ2) is 5.20. The molecule has 14 heavy (non-hydrogen) atoms. The van der Waals surface area contributed by atoms with Crippen LogP contribution in [0.1, 0.15) is 33.1 Å². The minimum absolute atomic E-state index is 0.110. The fraction of sp³-hybridized carbons (Fsp3) is 0.900. The molecule has 0 radical (unpaired) electrons. The van der Waals surface area contributed by atoms with Crippen molar-refractivity contribution in [1.82, 2.24) is 10.6 Å². The zero-order valence-corrected chi connectivity index (χ0v) is 8.92. The van der Waals surface area contributed by atoms with Crippen LogP contribution in [0.25, 0.3) is 0 Å². The predicted molar refractivity (Wildman–Crippen MR) is 55.0 cm³/mol. The quantitative estimate of drug-likeness (QED) is 0.632. The van der Waals surface area contributed by atoms with Crippen molar-refractivity contribution in [3.63, 3.8) is 0 Å². The smallest absolute Gasteiger partial charge is 0.314 e. The summed E-state index contributed by atoms with van der Waals surface area (Å²) < 4.78 is 0. The minimum Gasteiger partial charge on any atom is -0.393 e. The van der Waals surface area contributed by atoms with Crippen molar-refractivity contribution in [3.8, 4) is 0 Å². The Morgan fingerprint density at radius 2 is 2.21 bits per heavy atom. The fourth-order valence-electron chi connectivity index (χ4n) is 1.78. The Morgan fingerprint density at radius 3 is 2.71 bits per heavy atom. The van der Waals surface area contributed by atoms with Gasteiger partial charge in [-0.05, 0) is 39.0 Å². The Labute approximate surface area is 85.1 Å². The summed E-state index contributed by atoms with van der Waals surface area (Å²) in [5.74, 6) is 0.447. The molecule has 0 saturated heterocycles. The lowest BCUT2D eigenvalue weighted by Crippen LogP contribution is -2.41. The lowest BCUT2D eigenvalue weighted by molar-refractivity contribution is 0.177. The first-order valence-corrected chi connectivity index (χ1v) is 5.30. The molecule has 1 rings (SSSR count). The summed E-state index contributed by atoms with van der Waals surface area (Å²) in [5.41, 5.74) is 0. The lowest BCUT2D eigenvalue weighted by atomic mass is 10.1. The summed E-state index contributed by atoms with van der Waals surface area (Å²) in [5, 5.41) is 14.9. The number of rotatable bonds is 3. The van der Waals surface area contributed by atoms with Gasteiger partial charge in [-0.1, -0.05) is 0 Å². The third-order valence-corrected chi connectivity index (χ3v) is 2.48. The molecule has 0 heterocycles. The third-order valence-electron chi connectivity index (χ3n) is 2.48. The van der Waals surface area contributed by atoms with E-state index in [-0.39, 0.29) is 18.2 Å². The van der Waals surface area contributed by atoms with E-state index >= 15 is 0 Å². The van der Waals surface area contributed by atoms with Gasteiger partial charge in [-0.3, -0.25) is 0 Å². The Bertz CT molecular complexity index is 195. The van der Waals surface area contributed by atoms with Crippen molar-refractivity contribution in [1.29, 1.82) is 0 Å². The number of nitrogens with one attached hydrogen (secondary N) is 2. The van der Waals surface area contributed by atoms with Crippen LogP contribution < -0.4 is 10.6 Å². The van der Waals surface area contributed by atoms with Gasteiger partial charge in [0.2, 0.25) is 0 Å². The Balaban J connectivity index is 2.11. The molecule has 4 heteroatoms. The maximum absolute atomic E-state index is 11.2. The normalized spacial score (nSPS) is 26.6. The van der Waals surface area contributed by atoms with Crippen molar-refractivity contribution in [2.24, 2.45) is 5.92 Å². The van der Waals surface area contributed by atoms with Crippen LogP contribution in [-0.4, -0.2) is 29.8 Å². The molecular weight excluding hydrogens is 180 g/mol. The Hall–Kier alpha value is -0.770. The molecule has 1 aliphatic carbocycles. The monoisotopic (exact) mass is 200 g/mol. The van der Waals surface area contributed by atoms with E-state index in [1.165, 1.54) is 0 Å². The molecule has 1 fully saturated rings. The first-order valence-electron chi connectivity index (χ1n) is 5.30. The van der Waals surface area contributed by atoms with Crippen LogP contribution in [0.3, 0.4) is 0 Å². The number of urea groups is 1. The van der Waals surface area contributed by atoms with Gasteiger partial charge in [0.25, 0.3) is 0 Å². The molecule has 0 aliphatic heterocycles. The van der Waals surface area contributed by atoms with Crippen LogP contribution >= 0.6 is 0 Å². The van der Waals surface area contributed by atoms with Gasteiger partial charge in [0.1, 0.15) is 0 Å². The Kier molecular flexibility index (Phi) is 4.20. The van der Waals surface area contributed by atoms with Gasteiger partial charge >= 0.3 is 6.03 Å². The molecular formula is C10H20N2O2. The predicted octanol–water partition coefficient (Wildman–Crippen LogP) is 0.855. The second-order valence-electron chi connectivity index (χ2n) is 4.34. The summed E-state index contributed by atoms with van der Waals surface area (Å²) in [6.07, 6.45) is 2.55. The largest absolute Gasteiger partial charge is 0.393 e. The highest BCUT2D eigenvalue weighted by atomic mass is 16.3. The first kappa shape index (κ1) is 11.3. The highest BCUT2D eigenvalue weighted by molar-refractivity contribution is 5.74. The highest BCUT2D eigenvalue weighted by Crippen LogP contribution is 2.24. The molecule has 0 aromatic rings. The molecule has 1 aliphatic rings. The van der Waals surface area contributed by atoms with E-state index in [4.69, 9.17) is 0 Å². The summed E-state index contributed by atoms with van der Waals surface area (Å²) in [6, 6.07) is 0.0607. The van der Waals surface area contributed by atoms with Crippen molar-refractivity contribution < 1.29 is 9.90 Å².